The molecule has 0 unspecified atom stereocenters. The highest BCUT2D eigenvalue weighted by atomic mass is 16.5. The number of aryl methyl sites for hydroxylation is 1. The number of rotatable bonds is 3. The lowest BCUT2D eigenvalue weighted by molar-refractivity contribution is -0.156. The third-order valence-corrected chi connectivity index (χ3v) is 3.32. The van der Waals surface area contributed by atoms with Crippen molar-refractivity contribution in [1.29, 1.82) is 0 Å². The number of carbonyl (C=O) groups excluding carboxylic acids is 1. The quantitative estimate of drug-likeness (QED) is 0.791. The van der Waals surface area contributed by atoms with Gasteiger partial charge in [-0.1, -0.05) is 0 Å². The molecule has 0 aromatic carbocycles. The maximum Gasteiger partial charge on any atom is 0.334 e. The summed E-state index contributed by atoms with van der Waals surface area (Å²) in [7, 11) is 0. The van der Waals surface area contributed by atoms with Crippen LogP contribution in [0.3, 0.4) is 0 Å². The van der Waals surface area contributed by atoms with E-state index in [4.69, 9.17) is 4.74 Å². The van der Waals surface area contributed by atoms with Crippen LogP contribution in [-0.2, 0) is 15.1 Å². The second-order valence-electron chi connectivity index (χ2n) is 4.39. The first kappa shape index (κ1) is 12.1. The zero-order valence-corrected chi connectivity index (χ0v) is 10.4. The Bertz CT molecular complexity index is 394. The first-order valence-electron chi connectivity index (χ1n) is 6.10. The van der Waals surface area contributed by atoms with Crippen LogP contribution in [0.2, 0.25) is 0 Å². The van der Waals surface area contributed by atoms with Gasteiger partial charge in [0.15, 0.2) is 5.54 Å². The van der Waals surface area contributed by atoms with Crippen LogP contribution < -0.4 is 5.32 Å². The standard InChI is InChI=1S/C12H19N3O2/c1-3-17-11(16)12(5-8-13-9-6-12)15-10(2)4-7-14-15/h4,7,13H,3,5-6,8-9H2,1-2H3. The molecule has 1 aromatic rings. The molecule has 0 aliphatic carbocycles. The monoisotopic (exact) mass is 237 g/mol. The highest BCUT2D eigenvalue weighted by molar-refractivity contribution is 5.79. The Kier molecular flexibility index (Phi) is 3.47. The van der Waals surface area contributed by atoms with Gasteiger partial charge in [-0.15, -0.1) is 0 Å². The molecule has 17 heavy (non-hydrogen) atoms. The third kappa shape index (κ3) is 2.07. The lowest BCUT2D eigenvalue weighted by atomic mass is 9.88. The van der Waals surface area contributed by atoms with Gasteiger partial charge < -0.3 is 10.1 Å². The molecule has 1 N–H and O–H groups in total. The van der Waals surface area contributed by atoms with Gasteiger partial charge in [0.2, 0.25) is 0 Å². The molecule has 2 heterocycles. The Hall–Kier alpha value is -1.36. The normalized spacial score (nSPS) is 18.9. The Morgan fingerprint density at radius 2 is 2.29 bits per heavy atom. The van der Waals surface area contributed by atoms with E-state index >= 15 is 0 Å². The minimum Gasteiger partial charge on any atom is -0.464 e. The Balaban J connectivity index is 2.36. The van der Waals surface area contributed by atoms with E-state index in [0.717, 1.165) is 31.6 Å². The molecule has 94 valence electrons. The van der Waals surface area contributed by atoms with Crippen molar-refractivity contribution < 1.29 is 9.53 Å². The smallest absolute Gasteiger partial charge is 0.334 e. The molecule has 0 atom stereocenters. The average molecular weight is 237 g/mol. The summed E-state index contributed by atoms with van der Waals surface area (Å²) in [5.74, 6) is -0.159. The number of nitrogens with zero attached hydrogens (tertiary/aromatic N) is 2. The molecule has 1 saturated heterocycles. The number of aromatic nitrogens is 2. The van der Waals surface area contributed by atoms with Crippen molar-refractivity contribution >= 4 is 5.97 Å². The molecule has 0 saturated carbocycles. The van der Waals surface area contributed by atoms with Crippen molar-refractivity contribution in [3.05, 3.63) is 18.0 Å². The molecule has 0 spiro atoms. The molecule has 1 fully saturated rings. The molecule has 0 amide bonds. The zero-order chi connectivity index (χ0) is 12.3. The number of hydrogen-bond donors (Lipinski definition) is 1. The average Bonchev–Trinajstić information content (AvgIpc) is 2.77. The zero-order valence-electron chi connectivity index (χ0n) is 10.4. The predicted molar refractivity (Wildman–Crippen MR) is 63.7 cm³/mol. The van der Waals surface area contributed by atoms with Gasteiger partial charge in [-0.3, -0.25) is 4.68 Å². The van der Waals surface area contributed by atoms with E-state index in [1.54, 1.807) is 6.20 Å². The number of ether oxygens (including phenoxy) is 1. The highest BCUT2D eigenvalue weighted by Gasteiger charge is 2.44. The van der Waals surface area contributed by atoms with Gasteiger partial charge in [0.05, 0.1) is 6.61 Å². The lowest BCUT2D eigenvalue weighted by Gasteiger charge is -2.36. The van der Waals surface area contributed by atoms with E-state index < -0.39 is 5.54 Å². The molecule has 0 bridgehead atoms. The van der Waals surface area contributed by atoms with Crippen molar-refractivity contribution in [3.8, 4) is 0 Å². The molecule has 2 rings (SSSR count). The summed E-state index contributed by atoms with van der Waals surface area (Å²) >= 11 is 0. The van der Waals surface area contributed by atoms with Gasteiger partial charge >= 0.3 is 5.97 Å². The highest BCUT2D eigenvalue weighted by Crippen LogP contribution is 2.29. The Morgan fingerprint density at radius 3 is 2.82 bits per heavy atom. The molecular formula is C12H19N3O2. The lowest BCUT2D eigenvalue weighted by Crippen LogP contribution is -2.51. The fourth-order valence-corrected chi connectivity index (χ4v) is 2.43. The first-order chi connectivity index (χ1) is 8.20. The molecule has 5 heteroatoms. The number of hydrogen-bond acceptors (Lipinski definition) is 4. The second-order valence-corrected chi connectivity index (χ2v) is 4.39. The largest absolute Gasteiger partial charge is 0.464 e. The van der Waals surface area contributed by atoms with E-state index in [0.29, 0.717) is 6.61 Å². The van der Waals surface area contributed by atoms with Crippen LogP contribution >= 0.6 is 0 Å². The molecular weight excluding hydrogens is 218 g/mol. The summed E-state index contributed by atoms with van der Waals surface area (Å²) in [5, 5.41) is 7.57. The summed E-state index contributed by atoms with van der Waals surface area (Å²) < 4.78 is 7.06. The van der Waals surface area contributed by atoms with Gasteiger partial charge in [0.1, 0.15) is 0 Å². The van der Waals surface area contributed by atoms with Crippen molar-refractivity contribution in [3.63, 3.8) is 0 Å². The number of piperidine rings is 1. The molecule has 5 nitrogen and oxygen atoms in total. The van der Waals surface area contributed by atoms with Crippen LogP contribution in [0.1, 0.15) is 25.5 Å². The predicted octanol–water partition coefficient (Wildman–Crippen LogP) is 0.833. The Labute approximate surface area is 101 Å². The van der Waals surface area contributed by atoms with Crippen LogP contribution in [0.25, 0.3) is 0 Å². The molecule has 0 radical (unpaired) electrons. The van der Waals surface area contributed by atoms with Gasteiger partial charge in [-0.05, 0) is 45.8 Å². The third-order valence-electron chi connectivity index (χ3n) is 3.32. The SMILES string of the molecule is CCOC(=O)C1(n2nccc2C)CCNCC1. The fourth-order valence-electron chi connectivity index (χ4n) is 2.43. The minimum atomic E-state index is -0.616. The molecule has 1 aliphatic rings. The summed E-state index contributed by atoms with van der Waals surface area (Å²) in [6.45, 7) is 5.85. The minimum absolute atomic E-state index is 0.159. The van der Waals surface area contributed by atoms with Crippen molar-refractivity contribution in [2.75, 3.05) is 19.7 Å². The Morgan fingerprint density at radius 1 is 1.59 bits per heavy atom. The van der Waals surface area contributed by atoms with Gasteiger partial charge in [-0.2, -0.15) is 5.10 Å². The number of esters is 1. The summed E-state index contributed by atoms with van der Waals surface area (Å²) in [4.78, 5) is 12.3. The first-order valence-corrected chi connectivity index (χ1v) is 6.10. The summed E-state index contributed by atoms with van der Waals surface area (Å²) in [6.07, 6.45) is 3.20. The summed E-state index contributed by atoms with van der Waals surface area (Å²) in [6, 6.07) is 1.92. The van der Waals surface area contributed by atoms with Crippen molar-refractivity contribution in [1.82, 2.24) is 15.1 Å². The van der Waals surface area contributed by atoms with E-state index in [1.165, 1.54) is 0 Å². The topological polar surface area (TPSA) is 56.2 Å². The van der Waals surface area contributed by atoms with E-state index in [-0.39, 0.29) is 5.97 Å². The van der Waals surface area contributed by atoms with Gasteiger partial charge in [0, 0.05) is 11.9 Å². The van der Waals surface area contributed by atoms with Gasteiger partial charge in [0.25, 0.3) is 0 Å². The van der Waals surface area contributed by atoms with Crippen molar-refractivity contribution in [2.45, 2.75) is 32.2 Å². The van der Waals surface area contributed by atoms with Crippen LogP contribution in [0.5, 0.6) is 0 Å². The van der Waals surface area contributed by atoms with Crippen LogP contribution in [0, 0.1) is 6.92 Å². The second kappa shape index (κ2) is 4.87. The van der Waals surface area contributed by atoms with Crippen LogP contribution in [0.4, 0.5) is 0 Å². The molecule has 1 aromatic heterocycles. The van der Waals surface area contributed by atoms with E-state index in [9.17, 15) is 4.79 Å². The van der Waals surface area contributed by atoms with Crippen LogP contribution in [-0.4, -0.2) is 35.4 Å². The summed E-state index contributed by atoms with van der Waals surface area (Å²) in [5.41, 5.74) is 0.384. The van der Waals surface area contributed by atoms with Crippen LogP contribution in [0.15, 0.2) is 12.3 Å². The van der Waals surface area contributed by atoms with Gasteiger partial charge in [-0.25, -0.2) is 4.79 Å². The number of carbonyl (C=O) groups is 1. The number of nitrogens with one attached hydrogen (secondary N) is 1. The molecule has 1 aliphatic heterocycles. The maximum atomic E-state index is 12.3. The van der Waals surface area contributed by atoms with Crippen molar-refractivity contribution in [2.24, 2.45) is 0 Å². The fraction of sp³-hybridized carbons (Fsp3) is 0.667. The van der Waals surface area contributed by atoms with E-state index in [2.05, 4.69) is 10.4 Å². The van der Waals surface area contributed by atoms with E-state index in [1.807, 2.05) is 24.6 Å². The maximum absolute atomic E-state index is 12.3.